The van der Waals surface area contributed by atoms with Crippen molar-refractivity contribution in [3.05, 3.63) is 42.0 Å². The highest BCUT2D eigenvalue weighted by molar-refractivity contribution is 6.00. The van der Waals surface area contributed by atoms with Crippen molar-refractivity contribution in [2.45, 2.75) is 6.54 Å². The summed E-state index contributed by atoms with van der Waals surface area (Å²) in [5, 5.41) is 15.5. The van der Waals surface area contributed by atoms with E-state index in [4.69, 9.17) is 5.11 Å². The van der Waals surface area contributed by atoms with Gasteiger partial charge in [0.2, 0.25) is 0 Å². The molecule has 0 bridgehead atoms. The SMILES string of the molecule is CN(Cc1ncn[nH]1)C(=O)N(C)c1ccccc1C(=O)O. The first-order chi connectivity index (χ1) is 10.0. The zero-order valence-corrected chi connectivity index (χ0v) is 11.6. The van der Waals surface area contributed by atoms with Gasteiger partial charge in [0.15, 0.2) is 0 Å². The Morgan fingerprint density at radius 1 is 1.29 bits per heavy atom. The quantitative estimate of drug-likeness (QED) is 0.880. The van der Waals surface area contributed by atoms with Gasteiger partial charge in [-0.05, 0) is 12.1 Å². The van der Waals surface area contributed by atoms with Crippen LogP contribution in [-0.2, 0) is 6.54 Å². The minimum atomic E-state index is -1.08. The molecule has 21 heavy (non-hydrogen) atoms. The summed E-state index contributed by atoms with van der Waals surface area (Å²) in [4.78, 5) is 30.2. The molecule has 2 N–H and O–H groups in total. The van der Waals surface area contributed by atoms with Crippen LogP contribution in [0.1, 0.15) is 16.2 Å². The number of benzene rings is 1. The molecular weight excluding hydrogens is 274 g/mol. The first-order valence-electron chi connectivity index (χ1n) is 6.16. The van der Waals surface area contributed by atoms with Gasteiger partial charge >= 0.3 is 12.0 Å². The minimum Gasteiger partial charge on any atom is -0.478 e. The van der Waals surface area contributed by atoms with E-state index in [2.05, 4.69) is 15.2 Å². The van der Waals surface area contributed by atoms with Crippen LogP contribution in [-0.4, -0.2) is 51.3 Å². The van der Waals surface area contributed by atoms with E-state index in [0.29, 0.717) is 11.5 Å². The van der Waals surface area contributed by atoms with Gasteiger partial charge in [-0.2, -0.15) is 5.10 Å². The number of hydrogen-bond acceptors (Lipinski definition) is 4. The number of anilines is 1. The molecule has 0 saturated carbocycles. The molecule has 0 spiro atoms. The molecule has 1 aromatic heterocycles. The molecule has 0 fully saturated rings. The fourth-order valence-corrected chi connectivity index (χ4v) is 1.91. The van der Waals surface area contributed by atoms with E-state index in [1.54, 1.807) is 25.2 Å². The van der Waals surface area contributed by atoms with Crippen LogP contribution < -0.4 is 4.90 Å². The van der Waals surface area contributed by atoms with Crippen molar-refractivity contribution in [2.24, 2.45) is 0 Å². The standard InChI is InChI=1S/C13H15N5O3/c1-17(7-11-14-8-15-16-11)13(21)18(2)10-6-4-3-5-9(10)12(19)20/h3-6,8H,7H2,1-2H3,(H,19,20)(H,14,15,16). The van der Waals surface area contributed by atoms with Crippen LogP contribution in [0.25, 0.3) is 0 Å². The Kier molecular flexibility index (Phi) is 4.17. The van der Waals surface area contributed by atoms with Crippen LogP contribution in [0.5, 0.6) is 0 Å². The molecule has 0 saturated heterocycles. The molecule has 2 aromatic rings. The molecule has 2 amide bonds. The normalized spacial score (nSPS) is 10.2. The number of rotatable bonds is 4. The van der Waals surface area contributed by atoms with Crippen LogP contribution in [0.4, 0.5) is 10.5 Å². The van der Waals surface area contributed by atoms with E-state index in [1.807, 2.05) is 0 Å². The second-order valence-electron chi connectivity index (χ2n) is 4.45. The molecule has 110 valence electrons. The van der Waals surface area contributed by atoms with Crippen LogP contribution in [0.2, 0.25) is 0 Å². The third-order valence-electron chi connectivity index (χ3n) is 2.96. The summed E-state index contributed by atoms with van der Waals surface area (Å²) >= 11 is 0. The summed E-state index contributed by atoms with van der Waals surface area (Å²) in [5.74, 6) is -0.533. The number of amides is 2. The maximum atomic E-state index is 12.3. The average Bonchev–Trinajstić information content (AvgIpc) is 2.98. The summed E-state index contributed by atoms with van der Waals surface area (Å²) in [7, 11) is 3.13. The summed E-state index contributed by atoms with van der Waals surface area (Å²) in [5.41, 5.74) is 0.404. The Morgan fingerprint density at radius 2 is 2.00 bits per heavy atom. The Balaban J connectivity index is 2.17. The Bertz CT molecular complexity index is 641. The maximum Gasteiger partial charge on any atom is 0.337 e. The van der Waals surface area contributed by atoms with Gasteiger partial charge in [0.05, 0.1) is 17.8 Å². The lowest BCUT2D eigenvalue weighted by atomic mass is 10.1. The van der Waals surface area contributed by atoms with Gasteiger partial charge in [0, 0.05) is 14.1 Å². The zero-order valence-electron chi connectivity index (χ0n) is 11.6. The molecule has 0 atom stereocenters. The van der Waals surface area contributed by atoms with Crippen molar-refractivity contribution < 1.29 is 14.7 Å². The number of nitrogens with zero attached hydrogens (tertiary/aromatic N) is 4. The van der Waals surface area contributed by atoms with Gasteiger partial charge < -0.3 is 10.0 Å². The van der Waals surface area contributed by atoms with Crippen molar-refractivity contribution in [3.63, 3.8) is 0 Å². The number of carboxylic acids is 1. The number of para-hydroxylation sites is 1. The summed E-state index contributed by atoms with van der Waals surface area (Å²) < 4.78 is 0. The highest BCUT2D eigenvalue weighted by Gasteiger charge is 2.21. The van der Waals surface area contributed by atoms with E-state index in [9.17, 15) is 9.59 Å². The third-order valence-corrected chi connectivity index (χ3v) is 2.96. The lowest BCUT2D eigenvalue weighted by molar-refractivity contribution is 0.0697. The van der Waals surface area contributed by atoms with Gasteiger partial charge in [-0.1, -0.05) is 12.1 Å². The number of aromatic nitrogens is 3. The second-order valence-corrected chi connectivity index (χ2v) is 4.45. The van der Waals surface area contributed by atoms with Crippen LogP contribution in [0.3, 0.4) is 0 Å². The van der Waals surface area contributed by atoms with Crippen molar-refractivity contribution >= 4 is 17.7 Å². The van der Waals surface area contributed by atoms with Crippen molar-refractivity contribution in [1.29, 1.82) is 0 Å². The largest absolute Gasteiger partial charge is 0.478 e. The number of aromatic carboxylic acids is 1. The van der Waals surface area contributed by atoms with E-state index in [1.165, 1.54) is 29.2 Å². The molecule has 8 heteroatoms. The monoisotopic (exact) mass is 289 g/mol. The molecule has 1 heterocycles. The molecule has 0 aliphatic carbocycles. The van der Waals surface area contributed by atoms with Gasteiger partial charge in [-0.15, -0.1) is 0 Å². The average molecular weight is 289 g/mol. The Morgan fingerprint density at radius 3 is 2.62 bits per heavy atom. The first kappa shape index (κ1) is 14.5. The fourth-order valence-electron chi connectivity index (χ4n) is 1.91. The first-order valence-corrected chi connectivity index (χ1v) is 6.16. The number of nitrogens with one attached hydrogen (secondary N) is 1. The predicted molar refractivity (Wildman–Crippen MR) is 75.1 cm³/mol. The number of aromatic amines is 1. The lowest BCUT2D eigenvalue weighted by Crippen LogP contribution is -2.39. The summed E-state index contributed by atoms with van der Waals surface area (Å²) in [6.45, 7) is 0.248. The molecule has 2 rings (SSSR count). The Labute approximate surface area is 121 Å². The van der Waals surface area contributed by atoms with E-state index in [-0.39, 0.29) is 18.1 Å². The number of carboxylic acid groups (broad SMARTS) is 1. The lowest BCUT2D eigenvalue weighted by Gasteiger charge is -2.25. The van der Waals surface area contributed by atoms with Crippen LogP contribution in [0.15, 0.2) is 30.6 Å². The number of H-pyrrole nitrogens is 1. The predicted octanol–water partition coefficient (Wildman–Crippen LogP) is 1.19. The fraction of sp³-hybridized carbons (Fsp3) is 0.231. The molecule has 0 radical (unpaired) electrons. The second kappa shape index (κ2) is 6.04. The third kappa shape index (κ3) is 3.16. The van der Waals surface area contributed by atoms with Crippen molar-refractivity contribution in [3.8, 4) is 0 Å². The van der Waals surface area contributed by atoms with Gasteiger partial charge in [-0.3, -0.25) is 10.00 Å². The van der Waals surface area contributed by atoms with Gasteiger partial charge in [0.1, 0.15) is 12.2 Å². The Hall–Kier alpha value is -2.90. The van der Waals surface area contributed by atoms with E-state index < -0.39 is 5.97 Å². The number of carbonyl (C=O) groups excluding carboxylic acids is 1. The number of carbonyl (C=O) groups is 2. The van der Waals surface area contributed by atoms with Crippen LogP contribution in [0, 0.1) is 0 Å². The maximum absolute atomic E-state index is 12.3. The summed E-state index contributed by atoms with van der Waals surface area (Å²) in [6.07, 6.45) is 1.36. The van der Waals surface area contributed by atoms with Crippen LogP contribution >= 0.6 is 0 Å². The van der Waals surface area contributed by atoms with Crippen molar-refractivity contribution in [1.82, 2.24) is 20.1 Å². The number of hydrogen-bond donors (Lipinski definition) is 2. The molecule has 1 aromatic carbocycles. The minimum absolute atomic E-state index is 0.0708. The van der Waals surface area contributed by atoms with Crippen molar-refractivity contribution in [2.75, 3.05) is 19.0 Å². The molecule has 8 nitrogen and oxygen atoms in total. The van der Waals surface area contributed by atoms with Gasteiger partial charge in [0.25, 0.3) is 0 Å². The topological polar surface area (TPSA) is 102 Å². The zero-order chi connectivity index (χ0) is 15.4. The number of urea groups is 1. The highest BCUT2D eigenvalue weighted by Crippen LogP contribution is 2.20. The molecular formula is C13H15N5O3. The van der Waals surface area contributed by atoms with E-state index >= 15 is 0 Å². The van der Waals surface area contributed by atoms with E-state index in [0.717, 1.165) is 0 Å². The van der Waals surface area contributed by atoms with Gasteiger partial charge in [-0.25, -0.2) is 14.6 Å². The molecule has 0 unspecified atom stereocenters. The highest BCUT2D eigenvalue weighted by atomic mass is 16.4. The molecule has 0 aliphatic rings. The molecule has 0 aliphatic heterocycles. The smallest absolute Gasteiger partial charge is 0.337 e. The summed E-state index contributed by atoms with van der Waals surface area (Å²) in [6, 6.07) is 5.99.